The van der Waals surface area contributed by atoms with Crippen LogP contribution >= 0.6 is 0 Å². The number of hydrogen-bond acceptors (Lipinski definition) is 3. The molecule has 35 heavy (non-hydrogen) atoms. The maximum atomic E-state index is 13.0. The Hall–Kier alpha value is -4.39. The van der Waals surface area contributed by atoms with Crippen LogP contribution in [0.2, 0.25) is 0 Å². The highest BCUT2D eigenvalue weighted by atomic mass is 19.4. The highest BCUT2D eigenvalue weighted by Crippen LogP contribution is 2.30. The topological polar surface area (TPSA) is 44.1 Å². The molecule has 0 amide bonds. The smallest absolute Gasteiger partial charge is 0.416 e. The van der Waals surface area contributed by atoms with Gasteiger partial charge in [0.1, 0.15) is 11.6 Å². The van der Waals surface area contributed by atoms with Crippen LogP contribution < -0.4 is 4.74 Å². The lowest BCUT2D eigenvalue weighted by atomic mass is 10.1. The lowest BCUT2D eigenvalue weighted by Gasteiger charge is -2.11. The summed E-state index contributed by atoms with van der Waals surface area (Å²) in [5.74, 6) is 0.118. The van der Waals surface area contributed by atoms with Gasteiger partial charge in [0, 0.05) is 12.1 Å². The Morgan fingerprint density at radius 1 is 0.829 bits per heavy atom. The van der Waals surface area contributed by atoms with Crippen molar-refractivity contribution in [1.82, 2.24) is 9.55 Å². The average Bonchev–Trinajstić information content (AvgIpc) is 3.23. The molecule has 1 aromatic heterocycles. The minimum absolute atomic E-state index is 0.173. The zero-order chi connectivity index (χ0) is 24.4. The number of fused-ring (bicyclic) bond motifs is 1. The van der Waals surface area contributed by atoms with Gasteiger partial charge in [0.25, 0.3) is 0 Å². The van der Waals surface area contributed by atoms with Crippen LogP contribution in [0.1, 0.15) is 21.5 Å². The normalized spacial score (nSPS) is 11.5. The summed E-state index contributed by atoms with van der Waals surface area (Å²) < 4.78 is 46.3. The van der Waals surface area contributed by atoms with Gasteiger partial charge in [0.05, 0.1) is 22.2 Å². The number of hydrogen-bond donors (Lipinski definition) is 0. The maximum Gasteiger partial charge on any atom is 0.416 e. The van der Waals surface area contributed by atoms with E-state index in [1.165, 1.54) is 12.1 Å². The maximum absolute atomic E-state index is 13.0. The molecule has 5 aromatic rings. The number of benzene rings is 4. The molecular weight excluding hydrogens is 453 g/mol. The quantitative estimate of drug-likeness (QED) is 0.205. The molecule has 4 aromatic carbocycles. The van der Waals surface area contributed by atoms with Crippen molar-refractivity contribution >= 4 is 17.0 Å². The fourth-order valence-electron chi connectivity index (χ4n) is 3.88. The van der Waals surface area contributed by atoms with Gasteiger partial charge in [0.15, 0.2) is 0 Å². The molecule has 0 aliphatic heterocycles. The van der Waals surface area contributed by atoms with Crippen LogP contribution in [0.3, 0.4) is 0 Å². The van der Waals surface area contributed by atoms with Gasteiger partial charge >= 0.3 is 12.1 Å². The van der Waals surface area contributed by atoms with Crippen LogP contribution in [0.4, 0.5) is 13.2 Å². The highest BCUT2D eigenvalue weighted by molar-refractivity contribution is 5.91. The summed E-state index contributed by atoms with van der Waals surface area (Å²) >= 11 is 0. The molecule has 1 heterocycles. The van der Waals surface area contributed by atoms with E-state index in [9.17, 15) is 18.0 Å². The monoisotopic (exact) mass is 472 g/mol. The molecule has 4 nitrogen and oxygen atoms in total. The van der Waals surface area contributed by atoms with E-state index >= 15 is 0 Å². The van der Waals surface area contributed by atoms with Crippen LogP contribution in [0.15, 0.2) is 103 Å². The Kier molecular flexibility index (Phi) is 5.82. The Labute approximate surface area is 199 Å². The highest BCUT2D eigenvalue weighted by Gasteiger charge is 2.31. The fourth-order valence-corrected chi connectivity index (χ4v) is 3.88. The number of aromatic nitrogens is 2. The summed E-state index contributed by atoms with van der Waals surface area (Å²) in [7, 11) is 0. The van der Waals surface area contributed by atoms with E-state index in [0.29, 0.717) is 6.54 Å². The number of halogens is 3. The lowest BCUT2D eigenvalue weighted by Crippen LogP contribution is -2.11. The van der Waals surface area contributed by atoms with Gasteiger partial charge in [-0.1, -0.05) is 48.5 Å². The number of carbonyl (C=O) groups excluding carboxylic acids is 1. The van der Waals surface area contributed by atoms with Crippen molar-refractivity contribution < 1.29 is 22.7 Å². The minimum atomic E-state index is -4.54. The number of esters is 1. The lowest BCUT2D eigenvalue weighted by molar-refractivity contribution is -0.137. The number of para-hydroxylation sites is 2. The molecule has 7 heteroatoms. The first-order valence-electron chi connectivity index (χ1n) is 10.9. The molecule has 0 aliphatic rings. The second-order valence-corrected chi connectivity index (χ2v) is 7.99. The molecule has 0 N–H and O–H groups in total. The number of nitrogens with zero attached hydrogens (tertiary/aromatic N) is 2. The molecule has 0 saturated carbocycles. The third-order valence-electron chi connectivity index (χ3n) is 5.59. The third kappa shape index (κ3) is 4.80. The first-order chi connectivity index (χ1) is 16.9. The van der Waals surface area contributed by atoms with E-state index in [0.717, 1.165) is 40.1 Å². The molecule has 0 unspecified atom stereocenters. The van der Waals surface area contributed by atoms with Crippen LogP contribution in [-0.2, 0) is 12.7 Å². The average molecular weight is 472 g/mol. The predicted octanol–water partition coefficient (Wildman–Crippen LogP) is 6.99. The summed E-state index contributed by atoms with van der Waals surface area (Å²) in [6.45, 7) is 0.628. The first-order valence-corrected chi connectivity index (χ1v) is 10.9. The molecule has 0 spiro atoms. The molecule has 0 atom stereocenters. The van der Waals surface area contributed by atoms with Crippen molar-refractivity contribution in [1.29, 1.82) is 0 Å². The second-order valence-electron chi connectivity index (χ2n) is 7.99. The van der Waals surface area contributed by atoms with Crippen molar-refractivity contribution in [2.24, 2.45) is 0 Å². The molecule has 0 fully saturated rings. The molecule has 0 bridgehead atoms. The summed E-state index contributed by atoms with van der Waals surface area (Å²) in [4.78, 5) is 17.2. The molecule has 5 rings (SSSR count). The molecular formula is C28H19F3N2O2. The summed E-state index contributed by atoms with van der Waals surface area (Å²) in [6.07, 6.45) is -4.54. The second kappa shape index (κ2) is 9.10. The van der Waals surface area contributed by atoms with E-state index in [1.807, 2.05) is 42.5 Å². The van der Waals surface area contributed by atoms with Crippen molar-refractivity contribution in [2.75, 3.05) is 0 Å². The summed E-state index contributed by atoms with van der Waals surface area (Å²) in [6, 6.07) is 28.8. The van der Waals surface area contributed by atoms with Crippen molar-refractivity contribution in [3.05, 3.63) is 120 Å². The Bertz CT molecular complexity index is 1490. The van der Waals surface area contributed by atoms with E-state index < -0.39 is 17.7 Å². The number of ether oxygens (including phenoxy) is 1. The number of imidazole rings is 1. The fraction of sp³-hybridized carbons (Fsp3) is 0.0714. The standard InChI is InChI=1S/C28H19F3N2O2/c29-28(30,31)22-10-6-9-21(17-22)27(34)35-23-15-13-20(14-16-23)26-32-24-11-4-5-12-25(24)33(26)18-19-7-2-1-3-8-19/h1-17H,18H2. The van der Waals surface area contributed by atoms with Crippen LogP contribution in [-0.4, -0.2) is 15.5 Å². The van der Waals surface area contributed by atoms with Crippen molar-refractivity contribution in [3.8, 4) is 17.1 Å². The van der Waals surface area contributed by atoms with Gasteiger partial charge < -0.3 is 9.30 Å². The Balaban J connectivity index is 1.42. The summed E-state index contributed by atoms with van der Waals surface area (Å²) in [5.41, 5.74) is 2.72. The van der Waals surface area contributed by atoms with E-state index in [1.54, 1.807) is 24.3 Å². The molecule has 0 saturated heterocycles. The number of alkyl halides is 3. The third-order valence-corrected chi connectivity index (χ3v) is 5.59. The van der Waals surface area contributed by atoms with Crippen molar-refractivity contribution in [2.45, 2.75) is 12.7 Å². The van der Waals surface area contributed by atoms with Gasteiger partial charge in [-0.15, -0.1) is 0 Å². The van der Waals surface area contributed by atoms with Gasteiger partial charge in [0.2, 0.25) is 0 Å². The number of rotatable bonds is 5. The molecule has 0 aliphatic carbocycles. The minimum Gasteiger partial charge on any atom is -0.423 e. The number of carbonyl (C=O) groups is 1. The van der Waals surface area contributed by atoms with Gasteiger partial charge in [-0.25, -0.2) is 9.78 Å². The Morgan fingerprint density at radius 3 is 2.29 bits per heavy atom. The molecule has 0 radical (unpaired) electrons. The summed E-state index contributed by atoms with van der Waals surface area (Å²) in [5, 5.41) is 0. The van der Waals surface area contributed by atoms with E-state index in [-0.39, 0.29) is 11.3 Å². The van der Waals surface area contributed by atoms with Gasteiger partial charge in [-0.05, 0) is 60.2 Å². The zero-order valence-corrected chi connectivity index (χ0v) is 18.4. The van der Waals surface area contributed by atoms with Gasteiger partial charge in [-0.2, -0.15) is 13.2 Å². The largest absolute Gasteiger partial charge is 0.423 e. The van der Waals surface area contributed by atoms with Crippen LogP contribution in [0.5, 0.6) is 5.75 Å². The molecule has 174 valence electrons. The van der Waals surface area contributed by atoms with Crippen LogP contribution in [0, 0.1) is 0 Å². The zero-order valence-electron chi connectivity index (χ0n) is 18.4. The van der Waals surface area contributed by atoms with Gasteiger partial charge in [-0.3, -0.25) is 0 Å². The SMILES string of the molecule is O=C(Oc1ccc(-c2nc3ccccc3n2Cc2ccccc2)cc1)c1cccc(C(F)(F)F)c1. The predicted molar refractivity (Wildman–Crippen MR) is 127 cm³/mol. The first kappa shape index (κ1) is 22.4. The van der Waals surface area contributed by atoms with E-state index in [4.69, 9.17) is 9.72 Å². The van der Waals surface area contributed by atoms with Crippen LogP contribution in [0.25, 0.3) is 22.4 Å². The Morgan fingerprint density at radius 2 is 1.54 bits per heavy atom. The van der Waals surface area contributed by atoms with E-state index in [2.05, 4.69) is 16.7 Å². The van der Waals surface area contributed by atoms with Crippen molar-refractivity contribution in [3.63, 3.8) is 0 Å².